The molecule has 4 rings (SSSR count). The summed E-state index contributed by atoms with van der Waals surface area (Å²) in [5.74, 6) is -0.586. The second-order valence-corrected chi connectivity index (χ2v) is 7.33. The van der Waals surface area contributed by atoms with Crippen molar-refractivity contribution in [2.45, 2.75) is 18.9 Å². The van der Waals surface area contributed by atoms with Gasteiger partial charge in [0.05, 0.1) is 23.2 Å². The Kier molecular flexibility index (Phi) is 4.91. The van der Waals surface area contributed by atoms with Crippen molar-refractivity contribution in [3.8, 4) is 0 Å². The molecule has 1 atom stereocenters. The van der Waals surface area contributed by atoms with E-state index in [-0.39, 0.29) is 18.2 Å². The number of H-pyrrole nitrogens is 1. The van der Waals surface area contributed by atoms with Gasteiger partial charge in [0.15, 0.2) is 0 Å². The zero-order valence-corrected chi connectivity index (χ0v) is 15.8. The third-order valence-electron chi connectivity index (χ3n) is 4.76. The zero-order valence-electron chi connectivity index (χ0n) is 14.3. The highest BCUT2D eigenvalue weighted by molar-refractivity contribution is 6.37. The molecule has 3 aromatic rings. The van der Waals surface area contributed by atoms with Crippen molar-refractivity contribution >= 4 is 51.6 Å². The summed E-state index contributed by atoms with van der Waals surface area (Å²) in [5, 5.41) is 5.11. The molecular formula is C20H17Cl2N3O2. The number of benzene rings is 2. The van der Waals surface area contributed by atoms with Crippen molar-refractivity contribution in [3.05, 3.63) is 64.3 Å². The predicted molar refractivity (Wildman–Crippen MR) is 107 cm³/mol. The van der Waals surface area contributed by atoms with Crippen molar-refractivity contribution in [1.82, 2.24) is 10.3 Å². The predicted octanol–water partition coefficient (Wildman–Crippen LogP) is 3.94. The topological polar surface area (TPSA) is 65.2 Å². The summed E-state index contributed by atoms with van der Waals surface area (Å²) in [6, 6.07) is 12.3. The first-order chi connectivity index (χ1) is 13.0. The highest BCUT2D eigenvalue weighted by Crippen LogP contribution is 2.32. The van der Waals surface area contributed by atoms with Crippen LogP contribution in [0.4, 0.5) is 5.69 Å². The van der Waals surface area contributed by atoms with E-state index in [0.29, 0.717) is 22.3 Å². The lowest BCUT2D eigenvalue weighted by Gasteiger charge is -2.17. The van der Waals surface area contributed by atoms with Crippen molar-refractivity contribution in [2.24, 2.45) is 0 Å². The Morgan fingerprint density at radius 3 is 2.81 bits per heavy atom. The first-order valence-electron chi connectivity index (χ1n) is 8.65. The molecule has 138 valence electrons. The van der Waals surface area contributed by atoms with Crippen LogP contribution in [0.5, 0.6) is 0 Å². The van der Waals surface area contributed by atoms with Crippen molar-refractivity contribution in [3.63, 3.8) is 0 Å². The number of aromatic nitrogens is 1. The summed E-state index contributed by atoms with van der Waals surface area (Å²) in [5.41, 5.74) is 2.59. The van der Waals surface area contributed by atoms with E-state index in [2.05, 4.69) is 16.4 Å². The molecule has 1 aromatic heterocycles. The Balaban J connectivity index is 1.44. The fourth-order valence-electron chi connectivity index (χ4n) is 3.42. The van der Waals surface area contributed by atoms with Crippen LogP contribution in [0.2, 0.25) is 10.0 Å². The number of aromatic amines is 1. The number of rotatable bonds is 5. The molecule has 1 fully saturated rings. The highest BCUT2D eigenvalue weighted by Gasteiger charge is 2.40. The van der Waals surface area contributed by atoms with Gasteiger partial charge in [-0.1, -0.05) is 41.4 Å². The van der Waals surface area contributed by atoms with Crippen molar-refractivity contribution < 1.29 is 9.59 Å². The normalized spacial score (nSPS) is 17.3. The molecular weight excluding hydrogens is 385 g/mol. The van der Waals surface area contributed by atoms with Crippen LogP contribution in [0, 0.1) is 0 Å². The third kappa shape index (κ3) is 3.46. The van der Waals surface area contributed by atoms with Crippen molar-refractivity contribution in [1.29, 1.82) is 0 Å². The number of nitrogens with one attached hydrogen (secondary N) is 2. The van der Waals surface area contributed by atoms with Gasteiger partial charge in [-0.15, -0.1) is 0 Å². The number of amides is 2. The van der Waals surface area contributed by atoms with Gasteiger partial charge >= 0.3 is 0 Å². The van der Waals surface area contributed by atoms with E-state index in [0.717, 1.165) is 16.8 Å². The molecule has 7 heteroatoms. The molecule has 0 bridgehead atoms. The molecule has 2 amide bonds. The smallest absolute Gasteiger partial charge is 0.251 e. The van der Waals surface area contributed by atoms with Gasteiger partial charge < -0.3 is 10.3 Å². The van der Waals surface area contributed by atoms with Crippen LogP contribution in [0.3, 0.4) is 0 Å². The fourth-order valence-corrected chi connectivity index (χ4v) is 3.79. The first-order valence-corrected chi connectivity index (χ1v) is 9.40. The Hall–Kier alpha value is -2.34. The Morgan fingerprint density at radius 2 is 1.96 bits per heavy atom. The molecule has 0 radical (unpaired) electrons. The Morgan fingerprint density at radius 1 is 1.15 bits per heavy atom. The minimum absolute atomic E-state index is 0.107. The van der Waals surface area contributed by atoms with Gasteiger partial charge in [-0.3, -0.25) is 9.59 Å². The summed E-state index contributed by atoms with van der Waals surface area (Å²) in [6.07, 6.45) is 2.83. The maximum Gasteiger partial charge on any atom is 0.251 e. The first kappa shape index (κ1) is 18.0. The van der Waals surface area contributed by atoms with Gasteiger partial charge in [0.25, 0.3) is 5.91 Å². The van der Waals surface area contributed by atoms with Gasteiger partial charge in [-0.25, -0.2) is 4.90 Å². The molecule has 27 heavy (non-hydrogen) atoms. The molecule has 2 N–H and O–H groups in total. The SMILES string of the molecule is O=C1C[C@H](NCCc2c[nH]c3ccccc23)C(=O)N1c1cc(Cl)ccc1Cl. The monoisotopic (exact) mass is 401 g/mol. The number of hydrogen-bond acceptors (Lipinski definition) is 3. The van der Waals surface area contributed by atoms with E-state index < -0.39 is 6.04 Å². The van der Waals surface area contributed by atoms with Gasteiger partial charge in [0.1, 0.15) is 0 Å². The van der Waals surface area contributed by atoms with E-state index >= 15 is 0 Å². The van der Waals surface area contributed by atoms with Crippen LogP contribution in [0.25, 0.3) is 10.9 Å². The molecule has 1 saturated heterocycles. The second kappa shape index (κ2) is 7.35. The summed E-state index contributed by atoms with van der Waals surface area (Å²) in [7, 11) is 0. The number of imide groups is 1. The lowest BCUT2D eigenvalue weighted by atomic mass is 10.1. The second-order valence-electron chi connectivity index (χ2n) is 6.48. The van der Waals surface area contributed by atoms with Crippen LogP contribution >= 0.6 is 23.2 Å². The van der Waals surface area contributed by atoms with Gasteiger partial charge in [0, 0.05) is 28.7 Å². The number of fused-ring (bicyclic) bond motifs is 1. The number of carbonyl (C=O) groups is 2. The number of para-hydroxylation sites is 1. The Labute approximate surface area is 166 Å². The van der Waals surface area contributed by atoms with E-state index in [1.165, 1.54) is 17.0 Å². The Bertz CT molecular complexity index is 1030. The number of hydrogen-bond donors (Lipinski definition) is 2. The average molecular weight is 402 g/mol. The van der Waals surface area contributed by atoms with Crippen LogP contribution in [0.1, 0.15) is 12.0 Å². The summed E-state index contributed by atoms with van der Waals surface area (Å²) < 4.78 is 0. The molecule has 1 aliphatic rings. The number of anilines is 1. The molecule has 0 aliphatic carbocycles. The van der Waals surface area contributed by atoms with Gasteiger partial charge in [-0.2, -0.15) is 0 Å². The third-order valence-corrected chi connectivity index (χ3v) is 5.31. The molecule has 5 nitrogen and oxygen atoms in total. The highest BCUT2D eigenvalue weighted by atomic mass is 35.5. The lowest BCUT2D eigenvalue weighted by Crippen LogP contribution is -2.39. The zero-order chi connectivity index (χ0) is 19.0. The largest absolute Gasteiger partial charge is 0.361 e. The lowest BCUT2D eigenvalue weighted by molar-refractivity contribution is -0.121. The summed E-state index contributed by atoms with van der Waals surface area (Å²) in [6.45, 7) is 0.586. The van der Waals surface area contributed by atoms with Gasteiger partial charge in [-0.05, 0) is 36.2 Å². The quantitative estimate of drug-likeness (QED) is 0.636. The van der Waals surface area contributed by atoms with Crippen LogP contribution < -0.4 is 10.2 Å². The van der Waals surface area contributed by atoms with Gasteiger partial charge in [0.2, 0.25) is 5.91 Å². The number of halogens is 2. The summed E-state index contributed by atoms with van der Waals surface area (Å²) in [4.78, 5) is 29.5. The molecule has 1 aliphatic heterocycles. The van der Waals surface area contributed by atoms with Crippen molar-refractivity contribution in [2.75, 3.05) is 11.4 Å². The van der Waals surface area contributed by atoms with Crippen LogP contribution in [0.15, 0.2) is 48.7 Å². The number of carbonyl (C=O) groups excluding carboxylic acids is 2. The molecule has 0 unspecified atom stereocenters. The fraction of sp³-hybridized carbons (Fsp3) is 0.200. The molecule has 0 spiro atoms. The van der Waals surface area contributed by atoms with E-state index in [1.54, 1.807) is 12.1 Å². The minimum Gasteiger partial charge on any atom is -0.361 e. The molecule has 0 saturated carbocycles. The van der Waals surface area contributed by atoms with E-state index in [9.17, 15) is 9.59 Å². The summed E-state index contributed by atoms with van der Waals surface area (Å²) >= 11 is 12.1. The van der Waals surface area contributed by atoms with E-state index in [1.807, 2.05) is 24.4 Å². The maximum atomic E-state index is 12.7. The van der Waals surface area contributed by atoms with Crippen LogP contribution in [-0.2, 0) is 16.0 Å². The standard InChI is InChI=1S/C20H17Cl2N3O2/c21-13-5-6-15(22)18(9-13)25-19(26)10-17(20(25)27)23-8-7-12-11-24-16-4-2-1-3-14(12)16/h1-6,9,11,17,23-24H,7-8,10H2/t17-/m0/s1. The number of nitrogens with zero attached hydrogens (tertiary/aromatic N) is 1. The molecule has 2 aromatic carbocycles. The average Bonchev–Trinajstić information content (AvgIpc) is 3.19. The maximum absolute atomic E-state index is 12.7. The minimum atomic E-state index is -0.558. The molecule has 2 heterocycles. The van der Waals surface area contributed by atoms with Crippen LogP contribution in [-0.4, -0.2) is 29.4 Å². The van der Waals surface area contributed by atoms with E-state index in [4.69, 9.17) is 23.2 Å².